The number of rotatable bonds is 10. The van der Waals surface area contributed by atoms with Crippen molar-refractivity contribution in [2.24, 2.45) is 7.05 Å². The molecule has 1 heterocycles. The van der Waals surface area contributed by atoms with E-state index < -0.39 is 9.84 Å². The van der Waals surface area contributed by atoms with E-state index in [-0.39, 0.29) is 5.75 Å². The molecule has 3 aromatic rings. The quantitative estimate of drug-likeness (QED) is 0.356. The van der Waals surface area contributed by atoms with Gasteiger partial charge >= 0.3 is 0 Å². The van der Waals surface area contributed by atoms with Gasteiger partial charge in [-0.2, -0.15) is 0 Å². The molecule has 0 bridgehead atoms. The van der Waals surface area contributed by atoms with Crippen molar-refractivity contribution in [3.63, 3.8) is 0 Å². The first kappa shape index (κ1) is 21.4. The van der Waals surface area contributed by atoms with Gasteiger partial charge in [0.2, 0.25) is 0 Å². The van der Waals surface area contributed by atoms with Crippen LogP contribution in [-0.2, 0) is 22.6 Å². The van der Waals surface area contributed by atoms with E-state index >= 15 is 0 Å². The van der Waals surface area contributed by atoms with Crippen LogP contribution in [0.3, 0.4) is 0 Å². The summed E-state index contributed by atoms with van der Waals surface area (Å²) >= 11 is 1.58. The van der Waals surface area contributed by atoms with Crippen LogP contribution in [0.4, 0.5) is 0 Å². The van der Waals surface area contributed by atoms with Crippen molar-refractivity contribution in [2.45, 2.75) is 35.6 Å². The summed E-state index contributed by atoms with van der Waals surface area (Å²) in [5, 5.41) is 8.97. The molecular weight excluding hydrogens is 406 g/mol. The predicted octanol–water partition coefficient (Wildman–Crippen LogP) is 4.05. The van der Waals surface area contributed by atoms with E-state index in [4.69, 9.17) is 4.74 Å². The molecule has 0 unspecified atom stereocenters. The average Bonchev–Trinajstić information content (AvgIpc) is 3.05. The first-order valence-corrected chi connectivity index (χ1v) is 12.1. The molecule has 0 aliphatic carbocycles. The monoisotopic (exact) mass is 431 g/mol. The first-order chi connectivity index (χ1) is 14.0. The molecule has 6 nitrogen and oxygen atoms in total. The largest absolute Gasteiger partial charge is 0.494 e. The highest BCUT2D eigenvalue weighted by Crippen LogP contribution is 2.21. The zero-order valence-corrected chi connectivity index (χ0v) is 18.2. The third kappa shape index (κ3) is 6.08. The Balaban J connectivity index is 1.47. The van der Waals surface area contributed by atoms with Crippen molar-refractivity contribution < 1.29 is 13.2 Å². The SMILES string of the molecule is Cc1ccc(S(=O)(=O)Cc2nnc(SCCCCOc3ccccc3)n2C)cc1. The molecule has 0 fully saturated rings. The lowest BCUT2D eigenvalue weighted by atomic mass is 10.2. The standard InChI is InChI=1S/C21H25N3O3S2/c1-17-10-12-19(13-11-17)29(25,26)16-20-22-23-21(24(20)2)28-15-7-6-14-27-18-8-4-3-5-9-18/h3-5,8-13H,6-7,14-16H2,1-2H3. The summed E-state index contributed by atoms with van der Waals surface area (Å²) in [5.74, 6) is 2.04. The molecule has 0 radical (unpaired) electrons. The Morgan fingerprint density at radius 1 is 1.00 bits per heavy atom. The molecule has 0 N–H and O–H groups in total. The molecule has 0 aliphatic heterocycles. The van der Waals surface area contributed by atoms with Crippen molar-refractivity contribution in [1.29, 1.82) is 0 Å². The van der Waals surface area contributed by atoms with Crippen LogP contribution in [0.25, 0.3) is 0 Å². The smallest absolute Gasteiger partial charge is 0.190 e. The maximum atomic E-state index is 12.6. The third-order valence-corrected chi connectivity index (χ3v) is 7.14. The minimum atomic E-state index is -3.45. The van der Waals surface area contributed by atoms with Gasteiger partial charge in [-0.15, -0.1) is 10.2 Å². The second kappa shape index (κ2) is 9.93. The second-order valence-corrected chi connectivity index (χ2v) is 9.80. The van der Waals surface area contributed by atoms with Crippen LogP contribution in [0.5, 0.6) is 5.75 Å². The van der Waals surface area contributed by atoms with Crippen molar-refractivity contribution in [3.05, 3.63) is 66.0 Å². The summed E-state index contributed by atoms with van der Waals surface area (Å²) in [4.78, 5) is 0.304. The molecule has 0 atom stereocenters. The van der Waals surface area contributed by atoms with Gasteiger partial charge in [0.15, 0.2) is 15.0 Å². The second-order valence-electron chi connectivity index (χ2n) is 6.75. The molecule has 0 saturated heterocycles. The Labute approximate surface area is 176 Å². The molecule has 1 aromatic heterocycles. The zero-order valence-electron chi connectivity index (χ0n) is 16.6. The van der Waals surface area contributed by atoms with Gasteiger partial charge in [-0.3, -0.25) is 0 Å². The Hall–Kier alpha value is -2.32. The molecule has 3 rings (SSSR count). The van der Waals surface area contributed by atoms with Crippen LogP contribution in [0, 0.1) is 6.92 Å². The van der Waals surface area contributed by atoms with E-state index in [0.29, 0.717) is 17.3 Å². The topological polar surface area (TPSA) is 74.1 Å². The van der Waals surface area contributed by atoms with Crippen molar-refractivity contribution in [2.75, 3.05) is 12.4 Å². The Kier molecular flexibility index (Phi) is 7.33. The highest BCUT2D eigenvalue weighted by atomic mass is 32.2. The van der Waals surface area contributed by atoms with Crippen LogP contribution in [-0.4, -0.2) is 35.5 Å². The number of sulfone groups is 1. The van der Waals surface area contributed by atoms with Crippen LogP contribution in [0.15, 0.2) is 64.6 Å². The summed E-state index contributed by atoms with van der Waals surface area (Å²) in [6.07, 6.45) is 1.91. The molecule has 0 spiro atoms. The summed E-state index contributed by atoms with van der Waals surface area (Å²) < 4.78 is 32.7. The fourth-order valence-electron chi connectivity index (χ4n) is 2.67. The van der Waals surface area contributed by atoms with Gasteiger partial charge in [0.1, 0.15) is 17.3 Å². The van der Waals surface area contributed by atoms with Gasteiger partial charge in [0.05, 0.1) is 11.5 Å². The number of hydrogen-bond donors (Lipinski definition) is 0. The Morgan fingerprint density at radius 3 is 2.45 bits per heavy atom. The first-order valence-electron chi connectivity index (χ1n) is 9.44. The molecular formula is C21H25N3O3S2. The molecule has 0 saturated carbocycles. The Morgan fingerprint density at radius 2 is 1.72 bits per heavy atom. The molecule has 0 amide bonds. The van der Waals surface area contributed by atoms with Gasteiger partial charge in [0.25, 0.3) is 0 Å². The van der Waals surface area contributed by atoms with Crippen LogP contribution < -0.4 is 4.74 Å². The fraction of sp³-hybridized carbons (Fsp3) is 0.333. The van der Waals surface area contributed by atoms with Crippen LogP contribution in [0.2, 0.25) is 0 Å². The third-order valence-electron chi connectivity index (χ3n) is 4.41. The number of ether oxygens (including phenoxy) is 1. The number of unbranched alkanes of at least 4 members (excludes halogenated alkanes) is 1. The van der Waals surface area contributed by atoms with E-state index in [1.807, 2.05) is 37.3 Å². The van der Waals surface area contributed by atoms with Crippen molar-refractivity contribution in [3.8, 4) is 5.75 Å². The average molecular weight is 432 g/mol. The maximum Gasteiger partial charge on any atom is 0.190 e. The number of para-hydroxylation sites is 1. The lowest BCUT2D eigenvalue weighted by molar-refractivity contribution is 0.310. The van der Waals surface area contributed by atoms with E-state index in [2.05, 4.69) is 10.2 Å². The highest BCUT2D eigenvalue weighted by Gasteiger charge is 2.20. The van der Waals surface area contributed by atoms with E-state index in [1.54, 1.807) is 47.6 Å². The lowest BCUT2D eigenvalue weighted by Gasteiger charge is -2.07. The van der Waals surface area contributed by atoms with Gasteiger partial charge in [-0.1, -0.05) is 47.7 Å². The molecule has 29 heavy (non-hydrogen) atoms. The minimum absolute atomic E-state index is 0.162. The lowest BCUT2D eigenvalue weighted by Crippen LogP contribution is -2.09. The number of aryl methyl sites for hydroxylation is 1. The number of aromatic nitrogens is 3. The number of hydrogen-bond acceptors (Lipinski definition) is 6. The molecule has 2 aromatic carbocycles. The number of thioether (sulfide) groups is 1. The number of nitrogens with zero attached hydrogens (tertiary/aromatic N) is 3. The number of benzene rings is 2. The highest BCUT2D eigenvalue weighted by molar-refractivity contribution is 7.99. The van der Waals surface area contributed by atoms with Gasteiger partial charge in [0, 0.05) is 12.8 Å². The zero-order chi connectivity index (χ0) is 20.7. The summed E-state index contributed by atoms with van der Waals surface area (Å²) in [7, 11) is -1.64. The van der Waals surface area contributed by atoms with Gasteiger partial charge < -0.3 is 9.30 Å². The molecule has 0 aliphatic rings. The fourth-order valence-corrected chi connectivity index (χ4v) is 4.91. The van der Waals surface area contributed by atoms with Gasteiger partial charge in [-0.25, -0.2) is 8.42 Å². The minimum Gasteiger partial charge on any atom is -0.494 e. The summed E-state index contributed by atoms with van der Waals surface area (Å²) in [6, 6.07) is 16.6. The van der Waals surface area contributed by atoms with E-state index in [0.717, 1.165) is 35.1 Å². The Bertz CT molecular complexity index is 1020. The van der Waals surface area contributed by atoms with Crippen molar-refractivity contribution >= 4 is 21.6 Å². The maximum absolute atomic E-state index is 12.6. The van der Waals surface area contributed by atoms with Gasteiger partial charge in [-0.05, 0) is 44.0 Å². The summed E-state index contributed by atoms with van der Waals surface area (Å²) in [5.41, 5.74) is 1.02. The predicted molar refractivity (Wildman–Crippen MR) is 115 cm³/mol. The van der Waals surface area contributed by atoms with E-state index in [9.17, 15) is 8.42 Å². The van der Waals surface area contributed by atoms with Crippen molar-refractivity contribution in [1.82, 2.24) is 14.8 Å². The van der Waals surface area contributed by atoms with Crippen LogP contribution >= 0.6 is 11.8 Å². The molecule has 154 valence electrons. The summed E-state index contributed by atoms with van der Waals surface area (Å²) in [6.45, 7) is 2.60. The molecule has 8 heteroatoms. The van der Waals surface area contributed by atoms with E-state index in [1.165, 1.54) is 0 Å². The van der Waals surface area contributed by atoms with Crippen LogP contribution in [0.1, 0.15) is 24.2 Å². The normalized spacial score (nSPS) is 11.5.